The third kappa shape index (κ3) is 15.1. The van der Waals surface area contributed by atoms with Crippen molar-refractivity contribution < 1.29 is 76.6 Å². The molecule has 0 spiro atoms. The molecule has 0 bridgehead atoms. The summed E-state index contributed by atoms with van der Waals surface area (Å²) in [4.78, 5) is 4.47. The van der Waals surface area contributed by atoms with Crippen LogP contribution in [0.15, 0.2) is 121 Å². The van der Waals surface area contributed by atoms with Gasteiger partial charge in [0.15, 0.2) is 0 Å². The number of aliphatic hydroxyl groups excluding tert-OH is 6. The Morgan fingerprint density at radius 3 is 1.22 bits per heavy atom. The summed E-state index contributed by atoms with van der Waals surface area (Å²) in [7, 11) is 0. The maximum Gasteiger partial charge on any atom is 0.132 e. The van der Waals surface area contributed by atoms with E-state index >= 15 is 0 Å². The number of ether oxygens (including phenoxy) is 6. The molecule has 16 atom stereocenters. The summed E-state index contributed by atoms with van der Waals surface area (Å²) in [5, 5.41) is 63.4. The molecule has 6 aromatic rings. The first-order valence-electron chi connectivity index (χ1n) is 29.9. The van der Waals surface area contributed by atoms with E-state index in [1.54, 1.807) is 36.8 Å². The molecular formula is C66H74Cl2F4N4O12S2. The Bertz CT molecular complexity index is 3180. The lowest BCUT2D eigenvalue weighted by atomic mass is 9.92. The predicted octanol–water partition coefficient (Wildman–Crippen LogP) is 7.95. The molecule has 0 radical (unpaired) electrons. The molecular weight excluding hydrogens is 1250 g/mol. The van der Waals surface area contributed by atoms with Crippen molar-refractivity contribution in [3.8, 4) is 11.5 Å². The normalized spacial score (nSPS) is 31.0. The molecule has 6 fully saturated rings. The van der Waals surface area contributed by atoms with Crippen molar-refractivity contribution in [2.45, 2.75) is 134 Å². The lowest BCUT2D eigenvalue weighted by Crippen LogP contribution is -2.61. The third-order valence-corrected chi connectivity index (χ3v) is 20.2. The second-order valence-corrected chi connectivity index (χ2v) is 26.6. The first-order chi connectivity index (χ1) is 43.2. The summed E-state index contributed by atoms with van der Waals surface area (Å²) in [6.07, 6.45) is -4.68. The minimum Gasteiger partial charge on any atom is -0.488 e. The molecule has 0 saturated carbocycles. The van der Waals surface area contributed by atoms with Gasteiger partial charge in [0.1, 0.15) is 119 Å². The minimum atomic E-state index is -1.32. The van der Waals surface area contributed by atoms with Gasteiger partial charge in [-0.2, -0.15) is 0 Å². The zero-order chi connectivity index (χ0) is 63.7. The minimum absolute atomic E-state index is 0.0116. The molecule has 6 aliphatic rings. The Labute approximate surface area is 538 Å². The van der Waals surface area contributed by atoms with E-state index in [0.29, 0.717) is 86.2 Å². The van der Waals surface area contributed by atoms with Crippen molar-refractivity contribution in [1.29, 1.82) is 0 Å². The van der Waals surface area contributed by atoms with Gasteiger partial charge in [-0.1, -0.05) is 71.7 Å². The molecule has 6 aliphatic heterocycles. The Kier molecular flexibility index (Phi) is 21.8. The second-order valence-electron chi connectivity index (χ2n) is 23.9. The highest BCUT2D eigenvalue weighted by atomic mass is 35.5. The van der Waals surface area contributed by atoms with E-state index in [4.69, 9.17) is 63.1 Å². The zero-order valence-corrected chi connectivity index (χ0v) is 52.4. The van der Waals surface area contributed by atoms with Gasteiger partial charge in [-0.05, 0) is 144 Å². The van der Waals surface area contributed by atoms with Crippen LogP contribution in [0.5, 0.6) is 11.5 Å². The SMILES string of the molecule is CS[C@H]1O[C@@H](c2ccc(Cl)c(Cc3ccc(OC4CN([C@@H]5CO[C@H](c6cc(F)ccc6F)[C@@H](N)C5)C4)cc3)c2)[C@H](O)[C@@H](O)[C@@H]1O.CS[C@H]1O[C@@H](c2ccc(Cl)c(Cc3ccc(OC4CN([C@H]5CO[C@H](c6cc(F)ccc6F)[C@@H](N)C5)C4)cc3)c2)[C@H](O)[C@@H](O)[C@@H]1O. The number of halogens is 6. The number of nitrogens with zero attached hydrogens (tertiary/aromatic N) is 2. The molecule has 12 rings (SSSR count). The Balaban J connectivity index is 0.000000185. The molecule has 90 heavy (non-hydrogen) atoms. The molecule has 16 nitrogen and oxygen atoms in total. The molecule has 6 aromatic carbocycles. The van der Waals surface area contributed by atoms with Gasteiger partial charge in [-0.25, -0.2) is 17.6 Å². The number of likely N-dealkylation sites (tertiary alicyclic amines) is 2. The number of aliphatic hydroxyl groups is 6. The standard InChI is InChI=1S/2C33H37ClF2N2O6S/c2*1-45-33-30(41)28(39)29(40)31(44-33)18-4-8-25(34)19(11-18)10-17-2-6-22(7-3-17)43-23-14-38(15-23)21-13-27(37)32(42-16-21)24-12-20(35)5-9-26(24)36/h2*2-9,11-12,21,23,27-33,39-41H,10,13-16,37H2,1H3/t21-,27+,28-,29-,30+,31+,32-,33-;21-,27-,28+,29+,30-,31-,32+,33+/m10/s1. The van der Waals surface area contributed by atoms with E-state index in [1.807, 2.05) is 60.7 Å². The van der Waals surface area contributed by atoms with E-state index < -0.39 is 107 Å². The Morgan fingerprint density at radius 1 is 0.489 bits per heavy atom. The topological polar surface area (TPSA) is 235 Å². The second kappa shape index (κ2) is 29.3. The van der Waals surface area contributed by atoms with Crippen LogP contribution in [0.25, 0.3) is 0 Å². The van der Waals surface area contributed by atoms with Crippen molar-refractivity contribution in [3.05, 3.63) is 199 Å². The number of benzene rings is 6. The zero-order valence-electron chi connectivity index (χ0n) is 49.3. The summed E-state index contributed by atoms with van der Waals surface area (Å²) in [6.45, 7) is 3.60. The van der Waals surface area contributed by atoms with E-state index in [2.05, 4.69) is 9.80 Å². The van der Waals surface area contributed by atoms with Crippen molar-refractivity contribution >= 4 is 46.7 Å². The van der Waals surface area contributed by atoms with E-state index in [1.165, 1.54) is 23.5 Å². The van der Waals surface area contributed by atoms with Crippen LogP contribution in [-0.2, 0) is 31.8 Å². The molecule has 6 heterocycles. The van der Waals surface area contributed by atoms with Gasteiger partial charge in [0, 0.05) is 71.5 Å². The van der Waals surface area contributed by atoms with Gasteiger partial charge in [0.25, 0.3) is 0 Å². The maximum atomic E-state index is 14.3. The molecule has 484 valence electrons. The highest BCUT2D eigenvalue weighted by molar-refractivity contribution is 7.99. The molecule has 24 heteroatoms. The Hall–Kier alpha value is -4.64. The van der Waals surface area contributed by atoms with Gasteiger partial charge in [-0.15, -0.1) is 23.5 Å². The van der Waals surface area contributed by atoms with Crippen LogP contribution in [0.3, 0.4) is 0 Å². The highest BCUT2D eigenvalue weighted by Crippen LogP contribution is 2.41. The smallest absolute Gasteiger partial charge is 0.132 e. The van der Waals surface area contributed by atoms with Crippen LogP contribution in [0.1, 0.15) is 81.8 Å². The lowest BCUT2D eigenvalue weighted by Gasteiger charge is -2.47. The monoisotopic (exact) mass is 1320 g/mol. The van der Waals surface area contributed by atoms with Crippen molar-refractivity contribution in [3.63, 3.8) is 0 Å². The number of rotatable bonds is 16. The summed E-state index contributed by atoms with van der Waals surface area (Å²) < 4.78 is 91.8. The summed E-state index contributed by atoms with van der Waals surface area (Å²) in [5.74, 6) is -0.577. The quantitative estimate of drug-likeness (QED) is 0.0430. The van der Waals surface area contributed by atoms with E-state index in [-0.39, 0.29) is 35.4 Å². The van der Waals surface area contributed by atoms with Crippen LogP contribution in [0, 0.1) is 23.3 Å². The van der Waals surface area contributed by atoms with Crippen LogP contribution in [0.4, 0.5) is 17.6 Å². The fraction of sp³-hybridized carbons (Fsp3) is 0.455. The largest absolute Gasteiger partial charge is 0.488 e. The van der Waals surface area contributed by atoms with Crippen molar-refractivity contribution in [2.24, 2.45) is 11.5 Å². The molecule has 0 unspecified atom stereocenters. The van der Waals surface area contributed by atoms with E-state index in [0.717, 1.165) is 70.2 Å². The molecule has 6 saturated heterocycles. The van der Waals surface area contributed by atoms with Crippen LogP contribution in [0.2, 0.25) is 10.0 Å². The van der Waals surface area contributed by atoms with Crippen molar-refractivity contribution in [1.82, 2.24) is 9.80 Å². The number of thioether (sulfide) groups is 2. The summed E-state index contributed by atoms with van der Waals surface area (Å²) in [6, 6.07) is 32.3. The van der Waals surface area contributed by atoms with Crippen molar-refractivity contribution in [2.75, 3.05) is 51.9 Å². The highest BCUT2D eigenvalue weighted by Gasteiger charge is 2.46. The fourth-order valence-electron chi connectivity index (χ4n) is 12.6. The molecule has 0 aromatic heterocycles. The summed E-state index contributed by atoms with van der Waals surface area (Å²) >= 11 is 15.6. The Morgan fingerprint density at radius 2 is 0.867 bits per heavy atom. The average Bonchev–Trinajstić information content (AvgIpc) is 1.64. The van der Waals surface area contributed by atoms with Crippen LogP contribution in [-0.4, -0.2) is 176 Å². The fourth-order valence-corrected chi connectivity index (χ4v) is 14.3. The predicted molar refractivity (Wildman–Crippen MR) is 335 cm³/mol. The van der Waals surface area contributed by atoms with Gasteiger partial charge >= 0.3 is 0 Å². The van der Waals surface area contributed by atoms with Gasteiger partial charge in [0.2, 0.25) is 0 Å². The first-order valence-corrected chi connectivity index (χ1v) is 33.2. The van der Waals surface area contributed by atoms with Crippen LogP contribution < -0.4 is 20.9 Å². The van der Waals surface area contributed by atoms with E-state index in [9.17, 15) is 48.2 Å². The number of nitrogens with two attached hydrogens (primary N) is 2. The maximum absolute atomic E-state index is 14.3. The molecule has 0 aliphatic carbocycles. The first kappa shape index (κ1) is 66.8. The van der Waals surface area contributed by atoms with Crippen LogP contribution >= 0.6 is 46.7 Å². The molecule has 0 amide bonds. The van der Waals surface area contributed by atoms with Gasteiger partial charge in [-0.3, -0.25) is 9.80 Å². The van der Waals surface area contributed by atoms with Gasteiger partial charge in [0.05, 0.1) is 13.2 Å². The average molecular weight is 1330 g/mol. The number of hydrogen-bond donors (Lipinski definition) is 8. The van der Waals surface area contributed by atoms with Gasteiger partial charge < -0.3 is 70.5 Å². The molecule has 10 N–H and O–H groups in total. The number of hydrogen-bond acceptors (Lipinski definition) is 18. The third-order valence-electron chi connectivity index (χ3n) is 17.8. The summed E-state index contributed by atoms with van der Waals surface area (Å²) in [5.41, 5.74) is 16.7. The lowest BCUT2D eigenvalue weighted by molar-refractivity contribution is -0.200.